The fourth-order valence-corrected chi connectivity index (χ4v) is 4.30. The van der Waals surface area contributed by atoms with Crippen LogP contribution in [0, 0.1) is 5.82 Å². The van der Waals surface area contributed by atoms with Crippen LogP contribution in [-0.2, 0) is 21.2 Å². The minimum atomic E-state index is -3.73. The summed E-state index contributed by atoms with van der Waals surface area (Å²) in [5, 5.41) is 2.92. The lowest BCUT2D eigenvalue weighted by atomic mass is 10.1. The molecule has 2 aromatic carbocycles. The maximum absolute atomic E-state index is 13.2. The zero-order chi connectivity index (χ0) is 20.7. The fraction of sp³-hybridized carbons (Fsp3) is 0.381. The highest BCUT2D eigenvalue weighted by atomic mass is 32.2. The molecule has 0 saturated carbocycles. The van der Waals surface area contributed by atoms with Gasteiger partial charge in [0.1, 0.15) is 11.9 Å². The van der Waals surface area contributed by atoms with Gasteiger partial charge in [0.15, 0.2) is 0 Å². The quantitative estimate of drug-likeness (QED) is 0.693. The molecule has 28 heavy (non-hydrogen) atoms. The van der Waals surface area contributed by atoms with E-state index in [9.17, 15) is 17.6 Å². The van der Waals surface area contributed by atoms with Gasteiger partial charge in [0.05, 0.1) is 11.9 Å². The van der Waals surface area contributed by atoms with E-state index in [1.807, 2.05) is 37.3 Å². The normalized spacial score (nSPS) is 13.6. The zero-order valence-corrected chi connectivity index (χ0v) is 17.2. The number of halogens is 1. The summed E-state index contributed by atoms with van der Waals surface area (Å²) >= 11 is 0. The Bertz CT molecular complexity index is 870. The van der Waals surface area contributed by atoms with Crippen molar-refractivity contribution in [3.8, 4) is 0 Å². The van der Waals surface area contributed by atoms with Crippen LogP contribution in [0.15, 0.2) is 54.6 Å². The van der Waals surface area contributed by atoms with Crippen molar-refractivity contribution in [3.05, 3.63) is 66.0 Å². The second kappa shape index (κ2) is 9.68. The molecule has 0 heterocycles. The predicted octanol–water partition coefficient (Wildman–Crippen LogP) is 3.51. The molecule has 0 aromatic heterocycles. The number of aryl methyl sites for hydroxylation is 1. The molecule has 0 aliphatic carbocycles. The van der Waals surface area contributed by atoms with Gasteiger partial charge in [-0.25, -0.2) is 12.8 Å². The number of rotatable bonds is 9. The molecule has 0 aliphatic heterocycles. The van der Waals surface area contributed by atoms with Crippen molar-refractivity contribution in [2.45, 2.75) is 45.2 Å². The molecule has 1 amide bonds. The first-order chi connectivity index (χ1) is 13.2. The van der Waals surface area contributed by atoms with Crippen molar-refractivity contribution in [3.63, 3.8) is 0 Å². The number of hydrogen-bond acceptors (Lipinski definition) is 3. The largest absolute Gasteiger partial charge is 0.352 e. The van der Waals surface area contributed by atoms with Crippen molar-refractivity contribution in [1.29, 1.82) is 0 Å². The van der Waals surface area contributed by atoms with Crippen molar-refractivity contribution < 1.29 is 17.6 Å². The Morgan fingerprint density at radius 1 is 1.11 bits per heavy atom. The van der Waals surface area contributed by atoms with Crippen LogP contribution < -0.4 is 9.62 Å². The highest BCUT2D eigenvalue weighted by Gasteiger charge is 2.31. The number of amides is 1. The van der Waals surface area contributed by atoms with Crippen LogP contribution in [0.4, 0.5) is 10.1 Å². The lowest BCUT2D eigenvalue weighted by Crippen LogP contribution is -2.51. The fourth-order valence-electron chi connectivity index (χ4n) is 3.09. The van der Waals surface area contributed by atoms with E-state index in [0.29, 0.717) is 6.42 Å². The van der Waals surface area contributed by atoms with Crippen LogP contribution in [0.2, 0.25) is 0 Å². The molecule has 0 radical (unpaired) electrons. The molecule has 2 atom stereocenters. The average Bonchev–Trinajstić information content (AvgIpc) is 2.65. The second-order valence-electron chi connectivity index (χ2n) is 6.89. The van der Waals surface area contributed by atoms with E-state index in [0.717, 1.165) is 23.4 Å². The number of carbonyl (C=O) groups is 1. The molecule has 0 bridgehead atoms. The summed E-state index contributed by atoms with van der Waals surface area (Å²) in [7, 11) is -3.73. The lowest BCUT2D eigenvalue weighted by molar-refractivity contribution is -0.122. The number of nitrogens with one attached hydrogen (secondary N) is 1. The summed E-state index contributed by atoms with van der Waals surface area (Å²) in [6, 6.07) is 14.0. The lowest BCUT2D eigenvalue weighted by Gasteiger charge is -2.31. The number of hydrogen-bond donors (Lipinski definition) is 1. The molecule has 152 valence electrons. The van der Waals surface area contributed by atoms with Crippen LogP contribution in [0.1, 0.15) is 32.3 Å². The van der Waals surface area contributed by atoms with E-state index in [4.69, 9.17) is 0 Å². The van der Waals surface area contributed by atoms with E-state index in [-0.39, 0.29) is 17.6 Å². The molecule has 1 N–H and O–H groups in total. The molecular formula is C21H27FN2O3S. The summed E-state index contributed by atoms with van der Waals surface area (Å²) in [6.45, 7) is 3.65. The van der Waals surface area contributed by atoms with Crippen LogP contribution in [0.3, 0.4) is 0 Å². The van der Waals surface area contributed by atoms with E-state index >= 15 is 0 Å². The van der Waals surface area contributed by atoms with E-state index in [1.165, 1.54) is 29.8 Å². The van der Waals surface area contributed by atoms with Crippen LogP contribution >= 0.6 is 0 Å². The molecule has 0 aliphatic rings. The number of sulfonamides is 1. The minimum Gasteiger partial charge on any atom is -0.352 e. The van der Waals surface area contributed by atoms with E-state index in [1.54, 1.807) is 6.92 Å². The standard InChI is InChI=1S/C21H27FN2O3S/c1-4-20(24(28(3,26)27)19-14-12-18(22)13-15-19)21(25)23-16(2)10-11-17-8-6-5-7-9-17/h5-9,12-16,20H,4,10-11H2,1-3H3,(H,23,25)/t16-,20+/m1/s1. The van der Waals surface area contributed by atoms with Crippen molar-refractivity contribution in [1.82, 2.24) is 5.32 Å². The molecule has 0 fully saturated rings. The molecule has 2 aromatic rings. The van der Waals surface area contributed by atoms with Gasteiger partial charge in [-0.15, -0.1) is 0 Å². The Hall–Kier alpha value is -2.41. The molecule has 2 rings (SSSR count). The van der Waals surface area contributed by atoms with Crippen LogP contribution in [0.25, 0.3) is 0 Å². The van der Waals surface area contributed by atoms with Gasteiger partial charge in [0, 0.05) is 6.04 Å². The number of carbonyl (C=O) groups excluding carboxylic acids is 1. The van der Waals surface area contributed by atoms with E-state index in [2.05, 4.69) is 5.32 Å². The number of anilines is 1. The van der Waals surface area contributed by atoms with Gasteiger partial charge in [-0.05, 0) is 56.0 Å². The summed E-state index contributed by atoms with van der Waals surface area (Å²) < 4.78 is 39.0. The molecular weight excluding hydrogens is 379 g/mol. The Morgan fingerprint density at radius 3 is 2.25 bits per heavy atom. The first-order valence-corrected chi connectivity index (χ1v) is 11.2. The highest BCUT2D eigenvalue weighted by molar-refractivity contribution is 7.92. The Kier molecular flexibility index (Phi) is 7.57. The Balaban J connectivity index is 2.11. The summed E-state index contributed by atoms with van der Waals surface area (Å²) in [5.41, 5.74) is 1.45. The average molecular weight is 407 g/mol. The SMILES string of the molecule is CC[C@@H](C(=O)N[C@H](C)CCc1ccccc1)N(c1ccc(F)cc1)S(C)(=O)=O. The third-order valence-electron chi connectivity index (χ3n) is 4.51. The summed E-state index contributed by atoms with van der Waals surface area (Å²) in [6.07, 6.45) is 2.89. The highest BCUT2D eigenvalue weighted by Crippen LogP contribution is 2.23. The number of nitrogens with zero attached hydrogens (tertiary/aromatic N) is 1. The maximum Gasteiger partial charge on any atom is 0.244 e. The van der Waals surface area contributed by atoms with Crippen LogP contribution in [-0.4, -0.2) is 32.7 Å². The molecule has 0 spiro atoms. The Labute approximate surface area is 166 Å². The van der Waals surface area contributed by atoms with Gasteiger partial charge in [-0.3, -0.25) is 9.10 Å². The van der Waals surface area contributed by atoms with Gasteiger partial charge < -0.3 is 5.32 Å². The van der Waals surface area contributed by atoms with E-state index < -0.39 is 21.9 Å². The number of benzene rings is 2. The van der Waals surface area contributed by atoms with Crippen LogP contribution in [0.5, 0.6) is 0 Å². The van der Waals surface area contributed by atoms with Gasteiger partial charge >= 0.3 is 0 Å². The third kappa shape index (κ3) is 6.05. The van der Waals surface area contributed by atoms with Gasteiger partial charge in [-0.1, -0.05) is 37.3 Å². The topological polar surface area (TPSA) is 66.5 Å². The second-order valence-corrected chi connectivity index (χ2v) is 8.75. The van der Waals surface area contributed by atoms with Crippen molar-refractivity contribution >= 4 is 21.6 Å². The first-order valence-electron chi connectivity index (χ1n) is 9.31. The maximum atomic E-state index is 13.2. The molecule has 0 saturated heterocycles. The minimum absolute atomic E-state index is 0.114. The smallest absolute Gasteiger partial charge is 0.244 e. The van der Waals surface area contributed by atoms with Gasteiger partial charge in [0.25, 0.3) is 0 Å². The Morgan fingerprint density at radius 2 is 1.71 bits per heavy atom. The molecule has 5 nitrogen and oxygen atoms in total. The summed E-state index contributed by atoms with van der Waals surface area (Å²) in [5.74, 6) is -0.831. The first kappa shape index (κ1) is 21.9. The molecule has 0 unspecified atom stereocenters. The van der Waals surface area contributed by atoms with Crippen molar-refractivity contribution in [2.75, 3.05) is 10.6 Å². The van der Waals surface area contributed by atoms with Crippen molar-refractivity contribution in [2.24, 2.45) is 0 Å². The van der Waals surface area contributed by atoms with Gasteiger partial charge in [0.2, 0.25) is 15.9 Å². The zero-order valence-electron chi connectivity index (χ0n) is 16.4. The third-order valence-corrected chi connectivity index (χ3v) is 5.69. The molecule has 7 heteroatoms. The van der Waals surface area contributed by atoms with Gasteiger partial charge in [-0.2, -0.15) is 0 Å². The summed E-state index contributed by atoms with van der Waals surface area (Å²) in [4.78, 5) is 12.8. The predicted molar refractivity (Wildman–Crippen MR) is 110 cm³/mol. The monoisotopic (exact) mass is 406 g/mol.